The summed E-state index contributed by atoms with van der Waals surface area (Å²) < 4.78 is 17.8. The van der Waals surface area contributed by atoms with Gasteiger partial charge >= 0.3 is 23.6 Å². The van der Waals surface area contributed by atoms with Crippen LogP contribution in [0.4, 0.5) is 11.4 Å². The van der Waals surface area contributed by atoms with Crippen LogP contribution in [0.15, 0.2) is 60.3 Å². The van der Waals surface area contributed by atoms with Gasteiger partial charge in [-0.2, -0.15) is 0 Å². The van der Waals surface area contributed by atoms with E-state index in [4.69, 9.17) is 14.2 Å². The lowest BCUT2D eigenvalue weighted by molar-refractivity contribution is -0.228. The Kier molecular flexibility index (Phi) is 8.74. The first-order valence-electron chi connectivity index (χ1n) is 18.4. The molecule has 2 aromatic rings. The van der Waals surface area contributed by atoms with Crippen molar-refractivity contribution in [1.82, 2.24) is 19.6 Å². The molecule has 0 bridgehead atoms. The summed E-state index contributed by atoms with van der Waals surface area (Å²) >= 11 is 0. The number of fused-ring (bicyclic) bond motifs is 11. The fraction of sp³-hybridized carbons (Fsp3) is 0.462. The number of carbonyl (C=O) groups is 7. The molecular formula is C39H42N6O10S2. The smallest absolute Gasteiger partial charge is 0.307 e. The molecule has 2 aromatic carbocycles. The van der Waals surface area contributed by atoms with Crippen LogP contribution in [-0.2, 0) is 58.6 Å². The molecule has 6 heterocycles. The molecule has 2 N–H and O–H groups in total. The summed E-state index contributed by atoms with van der Waals surface area (Å²) in [5.41, 5.74) is -3.97. The lowest BCUT2D eigenvalue weighted by Gasteiger charge is -2.52. The number of amides is 4. The average molecular weight is 819 g/mol. The van der Waals surface area contributed by atoms with Crippen molar-refractivity contribution in [3.05, 3.63) is 71.4 Å². The molecule has 16 nitrogen and oxygen atoms in total. The Morgan fingerprint density at radius 1 is 0.842 bits per heavy atom. The molecule has 3 fully saturated rings. The predicted molar refractivity (Wildman–Crippen MR) is 208 cm³/mol. The fourth-order valence-electron chi connectivity index (χ4n) is 10.3. The van der Waals surface area contributed by atoms with Gasteiger partial charge in [0.2, 0.25) is 0 Å². The van der Waals surface area contributed by atoms with Gasteiger partial charge in [-0.15, -0.1) is 0 Å². The van der Waals surface area contributed by atoms with Crippen molar-refractivity contribution >= 4 is 74.5 Å². The maximum atomic E-state index is 15.4. The van der Waals surface area contributed by atoms with Crippen molar-refractivity contribution < 1.29 is 47.8 Å². The zero-order valence-corrected chi connectivity index (χ0v) is 34.1. The lowest BCUT2D eigenvalue weighted by Crippen LogP contribution is -2.75. The molecule has 0 radical (unpaired) electrons. The highest BCUT2D eigenvalue weighted by atomic mass is 33.1. The number of hydrogen-bond acceptors (Lipinski definition) is 14. The van der Waals surface area contributed by atoms with Gasteiger partial charge < -0.3 is 34.6 Å². The van der Waals surface area contributed by atoms with Crippen LogP contribution in [0.25, 0.3) is 0 Å². The third-order valence-corrected chi connectivity index (χ3v) is 14.9. The quantitative estimate of drug-likeness (QED) is 0.225. The number of benzene rings is 2. The molecule has 8 atom stereocenters. The van der Waals surface area contributed by atoms with Gasteiger partial charge in [0.25, 0.3) is 23.6 Å². The minimum absolute atomic E-state index is 0.0421. The second-order valence-electron chi connectivity index (χ2n) is 15.3. The number of rotatable bonds is 8. The second-order valence-corrected chi connectivity index (χ2v) is 17.9. The first-order valence-corrected chi connectivity index (χ1v) is 20.9. The summed E-state index contributed by atoms with van der Waals surface area (Å²) in [7, 11) is 5.54. The van der Waals surface area contributed by atoms with Crippen molar-refractivity contribution in [3.63, 3.8) is 0 Å². The Morgan fingerprint density at radius 3 is 2.05 bits per heavy atom. The standard InChI is InChI=1S/C39H42N6O10S2/c1-19(2)39(57-56-8)35(52)44-27(29(49)43(39)7)17-36(23-13-9-11-15-25(23)40-32(36)44)37-24-14-10-12-16-26(24)41-33(37)45-30(50)28(18-53-20(3)46)42(6)34(51)38(45,55-22(5)48)31(37)54-21(4)47/h9-17,19,28,31-33,40-41H,18H2,1-8H3/t28-,31-,32+,33-,36-,37-,38-,39-/m0/s1. The number of anilines is 2. The van der Waals surface area contributed by atoms with Gasteiger partial charge in [-0.1, -0.05) is 71.8 Å². The Labute approximate surface area is 336 Å². The van der Waals surface area contributed by atoms with E-state index in [0.717, 1.165) is 23.6 Å². The fourth-order valence-corrected chi connectivity index (χ4v) is 13.0. The van der Waals surface area contributed by atoms with Gasteiger partial charge in [-0.25, -0.2) is 0 Å². The van der Waals surface area contributed by atoms with Gasteiger partial charge in [0.05, 0.1) is 10.8 Å². The van der Waals surface area contributed by atoms with Crippen molar-refractivity contribution in [3.8, 4) is 0 Å². The highest BCUT2D eigenvalue weighted by Gasteiger charge is 2.87. The minimum atomic E-state index is -2.64. The van der Waals surface area contributed by atoms with Gasteiger partial charge in [0, 0.05) is 46.2 Å². The summed E-state index contributed by atoms with van der Waals surface area (Å²) in [6.45, 7) is 6.62. The van der Waals surface area contributed by atoms with Crippen molar-refractivity contribution in [2.75, 3.05) is 37.6 Å². The van der Waals surface area contributed by atoms with Gasteiger partial charge in [-0.05, 0) is 41.5 Å². The molecule has 3 saturated heterocycles. The highest BCUT2D eigenvalue weighted by molar-refractivity contribution is 8.77. The largest absolute Gasteiger partial charge is 0.463 e. The van der Waals surface area contributed by atoms with Crippen LogP contribution in [0.1, 0.15) is 45.7 Å². The number of piperazine rings is 2. The topological polar surface area (TPSA) is 184 Å². The molecule has 0 aliphatic carbocycles. The number of nitrogens with one attached hydrogen (secondary N) is 2. The predicted octanol–water partition coefficient (Wildman–Crippen LogP) is 2.36. The molecule has 18 heteroatoms. The van der Waals surface area contributed by atoms with Crippen LogP contribution in [0.5, 0.6) is 0 Å². The minimum Gasteiger partial charge on any atom is -0.463 e. The molecule has 57 heavy (non-hydrogen) atoms. The normalized spacial score (nSPS) is 33.1. The average Bonchev–Trinajstić information content (AvgIpc) is 3.84. The number of para-hydroxylation sites is 2. The SMILES string of the molecule is CSS[C@@]1(C(C)C)C(=O)N2C(=C[C@]3([C@]45c6ccccc6N[C@H]4N4C(=O)[C@H](COC(C)=O)N(C)C(=O)[C@@]4(OC(C)=O)[C@H]5OC(C)=O)c4ccccc4N[C@H]23)C(=O)N1C. The third kappa shape index (κ3) is 4.56. The lowest BCUT2D eigenvalue weighted by atomic mass is 9.54. The maximum absolute atomic E-state index is 15.4. The number of nitrogens with zero attached hydrogens (tertiary/aromatic N) is 4. The zero-order valence-electron chi connectivity index (χ0n) is 32.5. The molecule has 0 spiro atoms. The molecule has 6 aliphatic rings. The van der Waals surface area contributed by atoms with Gasteiger partial charge in [0.1, 0.15) is 30.7 Å². The van der Waals surface area contributed by atoms with E-state index in [1.165, 1.54) is 45.4 Å². The molecule has 8 rings (SSSR count). The van der Waals surface area contributed by atoms with Gasteiger partial charge in [0.15, 0.2) is 11.0 Å². The first-order chi connectivity index (χ1) is 27.0. The molecule has 6 aliphatic heterocycles. The number of ether oxygens (including phenoxy) is 3. The number of hydrogen-bond donors (Lipinski definition) is 2. The van der Waals surface area contributed by atoms with Crippen molar-refractivity contribution in [1.29, 1.82) is 0 Å². The summed E-state index contributed by atoms with van der Waals surface area (Å²) in [6, 6.07) is 12.9. The van der Waals surface area contributed by atoms with E-state index in [2.05, 4.69) is 10.6 Å². The van der Waals surface area contributed by atoms with E-state index >= 15 is 14.4 Å². The Bertz CT molecular complexity index is 2220. The molecular weight excluding hydrogens is 777 g/mol. The number of carbonyl (C=O) groups excluding carboxylic acids is 7. The zero-order chi connectivity index (χ0) is 41.1. The van der Waals surface area contributed by atoms with E-state index in [0.29, 0.717) is 22.5 Å². The maximum Gasteiger partial charge on any atom is 0.307 e. The summed E-state index contributed by atoms with van der Waals surface area (Å²) in [5, 5.41) is 7.00. The summed E-state index contributed by atoms with van der Waals surface area (Å²) in [4.78, 5) is 104. The Balaban J connectivity index is 1.51. The van der Waals surface area contributed by atoms with E-state index in [1.807, 2.05) is 38.3 Å². The monoisotopic (exact) mass is 818 g/mol. The summed E-state index contributed by atoms with van der Waals surface area (Å²) in [5.74, 6) is -5.41. The third-order valence-electron chi connectivity index (χ3n) is 12.3. The molecule has 0 aromatic heterocycles. The Hall–Kier alpha value is -5.23. The van der Waals surface area contributed by atoms with Crippen LogP contribution < -0.4 is 10.6 Å². The van der Waals surface area contributed by atoms with E-state index < -0.39 is 88.1 Å². The van der Waals surface area contributed by atoms with Crippen molar-refractivity contribution in [2.45, 2.75) is 80.5 Å². The van der Waals surface area contributed by atoms with Gasteiger partial charge in [-0.3, -0.25) is 43.4 Å². The first kappa shape index (κ1) is 38.6. The molecule has 0 unspecified atom stereocenters. The highest BCUT2D eigenvalue weighted by Crippen LogP contribution is 2.71. The number of likely N-dealkylation sites (N-methyl/N-ethyl adjacent to an activating group) is 2. The van der Waals surface area contributed by atoms with E-state index in [1.54, 1.807) is 43.5 Å². The molecule has 0 saturated carbocycles. The van der Waals surface area contributed by atoms with E-state index in [-0.39, 0.29) is 17.5 Å². The van der Waals surface area contributed by atoms with E-state index in [9.17, 15) is 19.2 Å². The van der Waals surface area contributed by atoms with Crippen LogP contribution >= 0.6 is 21.6 Å². The van der Waals surface area contributed by atoms with Crippen molar-refractivity contribution in [2.24, 2.45) is 5.92 Å². The molecule has 4 amide bonds. The summed E-state index contributed by atoms with van der Waals surface area (Å²) in [6.07, 6.45) is -0.742. The second kappa shape index (κ2) is 12.9. The van der Waals surface area contributed by atoms with Crippen LogP contribution in [-0.4, -0.2) is 123 Å². The van der Waals surface area contributed by atoms with Crippen LogP contribution in [0, 0.1) is 5.92 Å². The van der Waals surface area contributed by atoms with Crippen LogP contribution in [0.3, 0.4) is 0 Å². The number of esters is 3. The molecule has 300 valence electrons. The van der Waals surface area contributed by atoms with Crippen LogP contribution in [0.2, 0.25) is 0 Å². The Morgan fingerprint density at radius 2 is 1.46 bits per heavy atom.